The molecule has 20 heavy (non-hydrogen) atoms. The molecule has 3 N–H and O–H groups in total. The maximum Gasteiger partial charge on any atom is 0.258 e. The van der Waals surface area contributed by atoms with Crippen LogP contribution >= 0.6 is 23.8 Å². The summed E-state index contributed by atoms with van der Waals surface area (Å²) in [7, 11) is 0. The summed E-state index contributed by atoms with van der Waals surface area (Å²) in [6, 6.07) is 6.92. The van der Waals surface area contributed by atoms with E-state index in [9.17, 15) is 4.79 Å². The van der Waals surface area contributed by atoms with E-state index in [2.05, 4.69) is 5.32 Å². The summed E-state index contributed by atoms with van der Waals surface area (Å²) < 4.78 is 5.40. The first kappa shape index (κ1) is 15.1. The molecule has 0 bridgehead atoms. The van der Waals surface area contributed by atoms with Gasteiger partial charge in [0.15, 0.2) is 6.61 Å². The standard InChI is InChI=1S/C14H17ClN2O2S/c15-10-4-3-5-11(8-10)19-9-12(18)17-14(13(16)20)6-1-2-7-14/h3-5,8H,1-2,6-7,9H2,(H2,16,20)(H,17,18). The molecule has 1 fully saturated rings. The lowest BCUT2D eigenvalue weighted by atomic mass is 9.97. The van der Waals surface area contributed by atoms with E-state index in [1.807, 2.05) is 0 Å². The average Bonchev–Trinajstić information content (AvgIpc) is 2.86. The van der Waals surface area contributed by atoms with Crippen LogP contribution in [0.4, 0.5) is 0 Å². The number of rotatable bonds is 5. The Kier molecular flexibility index (Phi) is 4.83. The summed E-state index contributed by atoms with van der Waals surface area (Å²) >= 11 is 10.9. The third-order valence-corrected chi connectivity index (χ3v) is 4.10. The van der Waals surface area contributed by atoms with Gasteiger partial charge in [-0.1, -0.05) is 42.7 Å². The third kappa shape index (κ3) is 3.61. The van der Waals surface area contributed by atoms with E-state index in [4.69, 9.17) is 34.3 Å². The second-order valence-corrected chi connectivity index (χ2v) is 5.82. The molecule has 1 aromatic rings. The van der Waals surface area contributed by atoms with Crippen LogP contribution in [0.3, 0.4) is 0 Å². The Balaban J connectivity index is 1.90. The fraction of sp³-hybridized carbons (Fsp3) is 0.429. The highest BCUT2D eigenvalue weighted by molar-refractivity contribution is 7.80. The van der Waals surface area contributed by atoms with E-state index in [-0.39, 0.29) is 12.5 Å². The van der Waals surface area contributed by atoms with Crippen molar-refractivity contribution in [2.75, 3.05) is 6.61 Å². The van der Waals surface area contributed by atoms with E-state index in [0.717, 1.165) is 25.7 Å². The van der Waals surface area contributed by atoms with Crippen LogP contribution in [0.1, 0.15) is 25.7 Å². The number of carbonyl (C=O) groups excluding carboxylic acids is 1. The summed E-state index contributed by atoms with van der Waals surface area (Å²) in [4.78, 5) is 12.3. The van der Waals surface area contributed by atoms with Gasteiger partial charge >= 0.3 is 0 Å². The highest BCUT2D eigenvalue weighted by Gasteiger charge is 2.38. The molecule has 1 saturated carbocycles. The molecule has 2 rings (SSSR count). The second-order valence-electron chi connectivity index (χ2n) is 4.95. The maximum atomic E-state index is 12.0. The molecular weight excluding hydrogens is 296 g/mol. The molecule has 108 valence electrons. The number of halogens is 1. The molecule has 6 heteroatoms. The number of carbonyl (C=O) groups is 1. The Morgan fingerprint density at radius 3 is 2.75 bits per heavy atom. The number of benzene rings is 1. The van der Waals surface area contributed by atoms with Gasteiger partial charge in [0.2, 0.25) is 0 Å². The van der Waals surface area contributed by atoms with Gasteiger partial charge in [0.05, 0.1) is 10.5 Å². The predicted octanol–water partition coefficient (Wildman–Crippen LogP) is 2.43. The van der Waals surface area contributed by atoms with Crippen LogP contribution in [0.2, 0.25) is 5.02 Å². The lowest BCUT2D eigenvalue weighted by molar-refractivity contribution is -0.124. The fourth-order valence-electron chi connectivity index (χ4n) is 2.42. The van der Waals surface area contributed by atoms with Gasteiger partial charge in [-0.3, -0.25) is 4.79 Å². The van der Waals surface area contributed by atoms with Crippen molar-refractivity contribution in [3.63, 3.8) is 0 Å². The molecule has 0 aliphatic heterocycles. The fourth-order valence-corrected chi connectivity index (χ4v) is 2.86. The monoisotopic (exact) mass is 312 g/mol. The SMILES string of the molecule is NC(=S)C1(NC(=O)COc2cccc(Cl)c2)CCCC1. The van der Waals surface area contributed by atoms with Gasteiger partial charge in [-0.2, -0.15) is 0 Å². The molecule has 4 nitrogen and oxygen atoms in total. The summed E-state index contributed by atoms with van der Waals surface area (Å²) in [5.41, 5.74) is 5.23. The van der Waals surface area contributed by atoms with Crippen LogP contribution in [0.5, 0.6) is 5.75 Å². The van der Waals surface area contributed by atoms with E-state index < -0.39 is 5.54 Å². The first-order valence-electron chi connectivity index (χ1n) is 6.51. The molecule has 0 heterocycles. The smallest absolute Gasteiger partial charge is 0.258 e. The zero-order valence-corrected chi connectivity index (χ0v) is 12.6. The van der Waals surface area contributed by atoms with Gasteiger partial charge in [0.25, 0.3) is 5.91 Å². The molecule has 0 aromatic heterocycles. The number of nitrogens with one attached hydrogen (secondary N) is 1. The van der Waals surface area contributed by atoms with Crippen molar-refractivity contribution >= 4 is 34.7 Å². The normalized spacial score (nSPS) is 16.6. The maximum absolute atomic E-state index is 12.0. The first-order chi connectivity index (χ1) is 9.52. The third-order valence-electron chi connectivity index (χ3n) is 3.47. The van der Waals surface area contributed by atoms with Crippen LogP contribution in [-0.2, 0) is 4.79 Å². The van der Waals surface area contributed by atoms with E-state index in [0.29, 0.717) is 15.8 Å². The summed E-state index contributed by atoms with van der Waals surface area (Å²) in [5.74, 6) is 0.336. The van der Waals surface area contributed by atoms with Crippen molar-refractivity contribution in [3.8, 4) is 5.75 Å². The summed E-state index contributed by atoms with van der Waals surface area (Å²) in [6.07, 6.45) is 3.63. The van der Waals surface area contributed by atoms with Crippen molar-refractivity contribution < 1.29 is 9.53 Å². The van der Waals surface area contributed by atoms with E-state index >= 15 is 0 Å². The number of nitrogens with two attached hydrogens (primary N) is 1. The average molecular weight is 313 g/mol. The van der Waals surface area contributed by atoms with Gasteiger partial charge in [-0.05, 0) is 31.0 Å². The van der Waals surface area contributed by atoms with Crippen molar-refractivity contribution in [3.05, 3.63) is 29.3 Å². The van der Waals surface area contributed by atoms with Crippen LogP contribution < -0.4 is 15.8 Å². The lowest BCUT2D eigenvalue weighted by Crippen LogP contribution is -2.55. The number of ether oxygens (including phenoxy) is 1. The molecule has 1 aliphatic carbocycles. The van der Waals surface area contributed by atoms with Crippen LogP contribution in [0.25, 0.3) is 0 Å². The zero-order chi connectivity index (χ0) is 14.6. The molecule has 0 atom stereocenters. The Morgan fingerprint density at radius 2 is 2.15 bits per heavy atom. The number of hydrogen-bond donors (Lipinski definition) is 2. The Labute approximate surface area is 128 Å². The van der Waals surface area contributed by atoms with Gasteiger partial charge in [-0.15, -0.1) is 0 Å². The van der Waals surface area contributed by atoms with Crippen molar-refractivity contribution in [1.82, 2.24) is 5.32 Å². The van der Waals surface area contributed by atoms with Crippen LogP contribution in [-0.4, -0.2) is 23.0 Å². The largest absolute Gasteiger partial charge is 0.484 e. The highest BCUT2D eigenvalue weighted by atomic mass is 35.5. The van der Waals surface area contributed by atoms with E-state index in [1.165, 1.54) is 0 Å². The molecule has 1 amide bonds. The molecule has 0 spiro atoms. The molecule has 0 radical (unpaired) electrons. The molecule has 1 aliphatic rings. The lowest BCUT2D eigenvalue weighted by Gasteiger charge is -2.29. The summed E-state index contributed by atoms with van der Waals surface area (Å²) in [6.45, 7) is -0.0787. The quantitative estimate of drug-likeness (QED) is 0.820. The topological polar surface area (TPSA) is 64.3 Å². The number of amides is 1. The Bertz CT molecular complexity index is 516. The molecule has 0 saturated heterocycles. The molecular formula is C14H17ClN2O2S. The minimum absolute atomic E-state index is 0.0787. The van der Waals surface area contributed by atoms with Crippen LogP contribution in [0.15, 0.2) is 24.3 Å². The van der Waals surface area contributed by atoms with Gasteiger partial charge in [0.1, 0.15) is 5.75 Å². The second kappa shape index (κ2) is 6.41. The van der Waals surface area contributed by atoms with E-state index in [1.54, 1.807) is 24.3 Å². The first-order valence-corrected chi connectivity index (χ1v) is 7.30. The predicted molar refractivity (Wildman–Crippen MR) is 83.1 cm³/mol. The number of hydrogen-bond acceptors (Lipinski definition) is 3. The Hall–Kier alpha value is -1.33. The van der Waals surface area contributed by atoms with Crippen molar-refractivity contribution in [1.29, 1.82) is 0 Å². The van der Waals surface area contributed by atoms with Crippen molar-refractivity contribution in [2.45, 2.75) is 31.2 Å². The van der Waals surface area contributed by atoms with Crippen LogP contribution in [0, 0.1) is 0 Å². The highest BCUT2D eigenvalue weighted by Crippen LogP contribution is 2.30. The Morgan fingerprint density at radius 1 is 1.45 bits per heavy atom. The molecule has 0 unspecified atom stereocenters. The minimum Gasteiger partial charge on any atom is -0.484 e. The van der Waals surface area contributed by atoms with Gasteiger partial charge in [0, 0.05) is 5.02 Å². The minimum atomic E-state index is -0.538. The van der Waals surface area contributed by atoms with Gasteiger partial charge in [-0.25, -0.2) is 0 Å². The van der Waals surface area contributed by atoms with Crippen molar-refractivity contribution in [2.24, 2.45) is 5.73 Å². The zero-order valence-electron chi connectivity index (χ0n) is 11.0. The van der Waals surface area contributed by atoms with Gasteiger partial charge < -0.3 is 15.8 Å². The number of thiocarbonyl (C=S) groups is 1. The summed E-state index contributed by atoms with van der Waals surface area (Å²) in [5, 5.41) is 3.48. The molecule has 1 aromatic carbocycles.